The lowest BCUT2D eigenvalue weighted by Crippen LogP contribution is -2.24. The van der Waals surface area contributed by atoms with Gasteiger partial charge in [0.05, 0.1) is 30.8 Å². The van der Waals surface area contributed by atoms with Crippen molar-refractivity contribution in [3.05, 3.63) is 47.5 Å². The zero-order valence-electron chi connectivity index (χ0n) is 12.9. The average Bonchev–Trinajstić information content (AvgIpc) is 3.02. The van der Waals surface area contributed by atoms with Gasteiger partial charge in [-0.2, -0.15) is 0 Å². The van der Waals surface area contributed by atoms with Crippen molar-refractivity contribution in [2.45, 2.75) is 26.1 Å². The van der Waals surface area contributed by atoms with Gasteiger partial charge in [0.1, 0.15) is 12.0 Å². The quantitative estimate of drug-likeness (QED) is 0.820. The summed E-state index contributed by atoms with van der Waals surface area (Å²) in [6.45, 7) is 3.17. The molecular weight excluding hydrogens is 299 g/mol. The van der Waals surface area contributed by atoms with Gasteiger partial charge in [0.2, 0.25) is 0 Å². The number of aromatic nitrogens is 3. The molecule has 0 spiro atoms. The Morgan fingerprint density at radius 2 is 2.35 bits per heavy atom. The van der Waals surface area contributed by atoms with Gasteiger partial charge < -0.3 is 9.84 Å². The average molecular weight is 318 g/mol. The predicted octanol–water partition coefficient (Wildman–Crippen LogP) is 1.64. The highest BCUT2D eigenvalue weighted by molar-refractivity contribution is 5.67. The van der Waals surface area contributed by atoms with Crippen molar-refractivity contribution in [2.24, 2.45) is 0 Å². The number of hydrogen-bond acceptors (Lipinski definition) is 5. The van der Waals surface area contributed by atoms with E-state index in [9.17, 15) is 9.50 Å². The van der Waals surface area contributed by atoms with Crippen LogP contribution < -0.4 is 5.32 Å². The SMILES string of the molecule is CC(O)NCc1cn(-c2ccc(C3=CCOCC3)c(F)c2)nn1. The molecule has 1 aliphatic rings. The highest BCUT2D eigenvalue weighted by Crippen LogP contribution is 2.25. The molecular formula is C16H19FN4O2. The topological polar surface area (TPSA) is 72.2 Å². The minimum atomic E-state index is -0.621. The molecule has 0 saturated carbocycles. The Bertz CT molecular complexity index is 712. The maximum absolute atomic E-state index is 14.4. The van der Waals surface area contributed by atoms with E-state index in [0.29, 0.717) is 36.7 Å². The fourth-order valence-corrected chi connectivity index (χ4v) is 2.44. The highest BCUT2D eigenvalue weighted by atomic mass is 19.1. The predicted molar refractivity (Wildman–Crippen MR) is 83.3 cm³/mol. The van der Waals surface area contributed by atoms with Crippen LogP contribution in [0.25, 0.3) is 11.3 Å². The standard InChI is InChI=1S/C16H19FN4O2/c1-11(22)18-9-13-10-21(20-19-13)14-2-3-15(16(17)8-14)12-4-6-23-7-5-12/h2-4,8,10-11,18,22H,5-7,9H2,1H3. The zero-order chi connectivity index (χ0) is 16.2. The van der Waals surface area contributed by atoms with Gasteiger partial charge in [0.25, 0.3) is 0 Å². The fourth-order valence-electron chi connectivity index (χ4n) is 2.44. The Labute approximate surface area is 133 Å². The highest BCUT2D eigenvalue weighted by Gasteiger charge is 2.13. The van der Waals surface area contributed by atoms with Crippen molar-refractivity contribution in [3.63, 3.8) is 0 Å². The largest absolute Gasteiger partial charge is 0.379 e. The second-order valence-corrected chi connectivity index (χ2v) is 5.43. The summed E-state index contributed by atoms with van der Waals surface area (Å²) in [5, 5.41) is 20.0. The van der Waals surface area contributed by atoms with Crippen LogP contribution in [0.4, 0.5) is 4.39 Å². The van der Waals surface area contributed by atoms with Crippen LogP contribution in [-0.2, 0) is 11.3 Å². The molecule has 0 radical (unpaired) electrons. The van der Waals surface area contributed by atoms with Crippen molar-refractivity contribution in [2.75, 3.05) is 13.2 Å². The minimum Gasteiger partial charge on any atom is -0.379 e. The molecule has 1 aliphatic heterocycles. The number of nitrogens with one attached hydrogen (secondary N) is 1. The monoisotopic (exact) mass is 318 g/mol. The first kappa shape index (κ1) is 15.8. The van der Waals surface area contributed by atoms with Gasteiger partial charge in [-0.25, -0.2) is 9.07 Å². The number of ether oxygens (including phenoxy) is 1. The molecule has 1 unspecified atom stereocenters. The molecule has 2 N–H and O–H groups in total. The third kappa shape index (κ3) is 3.82. The molecule has 2 heterocycles. The van der Waals surface area contributed by atoms with Crippen molar-refractivity contribution >= 4 is 5.57 Å². The number of benzene rings is 1. The van der Waals surface area contributed by atoms with Crippen LogP contribution in [0.3, 0.4) is 0 Å². The number of nitrogens with zero attached hydrogens (tertiary/aromatic N) is 3. The van der Waals surface area contributed by atoms with Gasteiger partial charge in [0.15, 0.2) is 0 Å². The molecule has 1 atom stereocenters. The molecule has 3 rings (SSSR count). The molecule has 2 aromatic rings. The molecule has 122 valence electrons. The van der Waals surface area contributed by atoms with Gasteiger partial charge in [-0.05, 0) is 31.1 Å². The molecule has 7 heteroatoms. The lowest BCUT2D eigenvalue weighted by molar-refractivity contribution is 0.154. The van der Waals surface area contributed by atoms with Gasteiger partial charge in [-0.1, -0.05) is 11.3 Å². The Balaban J connectivity index is 1.78. The second-order valence-electron chi connectivity index (χ2n) is 5.43. The van der Waals surface area contributed by atoms with Crippen molar-refractivity contribution in [1.29, 1.82) is 0 Å². The Kier molecular flexibility index (Phi) is 4.80. The van der Waals surface area contributed by atoms with Crippen LogP contribution in [0.15, 0.2) is 30.5 Å². The van der Waals surface area contributed by atoms with E-state index in [0.717, 1.165) is 12.0 Å². The van der Waals surface area contributed by atoms with Gasteiger partial charge >= 0.3 is 0 Å². The molecule has 0 amide bonds. The maximum Gasteiger partial charge on any atom is 0.132 e. The van der Waals surface area contributed by atoms with Crippen LogP contribution in [0.2, 0.25) is 0 Å². The smallest absolute Gasteiger partial charge is 0.132 e. The van der Waals surface area contributed by atoms with Crippen molar-refractivity contribution in [3.8, 4) is 5.69 Å². The van der Waals surface area contributed by atoms with E-state index in [2.05, 4.69) is 15.6 Å². The van der Waals surface area contributed by atoms with Crippen LogP contribution in [0, 0.1) is 5.82 Å². The molecule has 0 saturated heterocycles. The van der Waals surface area contributed by atoms with Gasteiger partial charge in [-0.3, -0.25) is 5.32 Å². The van der Waals surface area contributed by atoms with Crippen LogP contribution in [0.5, 0.6) is 0 Å². The van der Waals surface area contributed by atoms with E-state index in [1.54, 1.807) is 19.2 Å². The van der Waals surface area contributed by atoms with Crippen LogP contribution in [0.1, 0.15) is 24.6 Å². The van der Waals surface area contributed by atoms with E-state index < -0.39 is 6.23 Å². The minimum absolute atomic E-state index is 0.283. The van der Waals surface area contributed by atoms with Crippen molar-refractivity contribution < 1.29 is 14.2 Å². The number of aliphatic hydroxyl groups excluding tert-OH is 1. The van der Waals surface area contributed by atoms with Gasteiger partial charge in [0, 0.05) is 18.2 Å². The Morgan fingerprint density at radius 1 is 1.48 bits per heavy atom. The number of aliphatic hydroxyl groups is 1. The lowest BCUT2D eigenvalue weighted by atomic mass is 10.0. The molecule has 0 aliphatic carbocycles. The summed E-state index contributed by atoms with van der Waals surface area (Å²) in [5.74, 6) is -0.283. The van der Waals surface area contributed by atoms with E-state index >= 15 is 0 Å². The van der Waals surface area contributed by atoms with E-state index in [1.807, 2.05) is 12.1 Å². The van der Waals surface area contributed by atoms with E-state index in [1.165, 1.54) is 10.7 Å². The van der Waals surface area contributed by atoms with Crippen molar-refractivity contribution in [1.82, 2.24) is 20.3 Å². The summed E-state index contributed by atoms with van der Waals surface area (Å²) < 4.78 is 21.2. The summed E-state index contributed by atoms with van der Waals surface area (Å²) in [5.41, 5.74) is 2.85. The third-order valence-electron chi connectivity index (χ3n) is 3.65. The lowest BCUT2D eigenvalue weighted by Gasteiger charge is -2.14. The summed E-state index contributed by atoms with van der Waals surface area (Å²) in [6.07, 6.45) is 3.72. The number of rotatable bonds is 5. The summed E-state index contributed by atoms with van der Waals surface area (Å²) >= 11 is 0. The molecule has 23 heavy (non-hydrogen) atoms. The second kappa shape index (κ2) is 6.99. The normalized spacial score (nSPS) is 16.2. The summed E-state index contributed by atoms with van der Waals surface area (Å²) in [4.78, 5) is 0. The molecule has 1 aromatic carbocycles. The van der Waals surface area contributed by atoms with Crippen LogP contribution >= 0.6 is 0 Å². The summed E-state index contributed by atoms with van der Waals surface area (Å²) in [6, 6.07) is 5.03. The fraction of sp³-hybridized carbons (Fsp3) is 0.375. The molecule has 0 fully saturated rings. The first-order chi connectivity index (χ1) is 11.1. The molecule has 6 nitrogen and oxygen atoms in total. The van der Waals surface area contributed by atoms with E-state index in [4.69, 9.17) is 4.74 Å². The van der Waals surface area contributed by atoms with Gasteiger partial charge in [-0.15, -0.1) is 5.10 Å². The first-order valence-corrected chi connectivity index (χ1v) is 7.53. The molecule has 1 aromatic heterocycles. The van der Waals surface area contributed by atoms with Crippen LogP contribution in [-0.4, -0.2) is 39.5 Å². The molecule has 0 bridgehead atoms. The number of hydrogen-bond donors (Lipinski definition) is 2. The zero-order valence-corrected chi connectivity index (χ0v) is 12.9. The first-order valence-electron chi connectivity index (χ1n) is 7.53. The van der Waals surface area contributed by atoms with E-state index in [-0.39, 0.29) is 5.82 Å². The maximum atomic E-state index is 14.4. The summed E-state index contributed by atoms with van der Waals surface area (Å²) in [7, 11) is 0. The number of halogens is 1. The Morgan fingerprint density at radius 3 is 3.04 bits per heavy atom. The Hall–Kier alpha value is -2.09. The third-order valence-corrected chi connectivity index (χ3v) is 3.65.